The number of carboxylic acids is 1. The Balaban J connectivity index is 2.21. The van der Waals surface area contributed by atoms with Crippen molar-refractivity contribution in [2.75, 3.05) is 25.0 Å². The highest BCUT2D eigenvalue weighted by atomic mass is 16.4. The van der Waals surface area contributed by atoms with Crippen LogP contribution in [0.2, 0.25) is 0 Å². The molecule has 1 fully saturated rings. The van der Waals surface area contributed by atoms with Crippen LogP contribution in [0.25, 0.3) is 0 Å². The van der Waals surface area contributed by atoms with Crippen LogP contribution in [0, 0.1) is 6.92 Å². The number of carbonyl (C=O) groups is 1. The van der Waals surface area contributed by atoms with Crippen molar-refractivity contribution in [1.82, 2.24) is 4.90 Å². The third-order valence-electron chi connectivity index (χ3n) is 3.98. The Labute approximate surface area is 114 Å². The monoisotopic (exact) mass is 262 g/mol. The summed E-state index contributed by atoms with van der Waals surface area (Å²) in [6.45, 7) is 5.21. The number of aryl methyl sites for hydroxylation is 1. The maximum Gasteiger partial charge on any atom is 0.323 e. The fourth-order valence-electron chi connectivity index (χ4n) is 2.70. The van der Waals surface area contributed by atoms with Gasteiger partial charge in [-0.1, -0.05) is 17.7 Å². The topological polar surface area (TPSA) is 43.8 Å². The Morgan fingerprint density at radius 3 is 2.53 bits per heavy atom. The van der Waals surface area contributed by atoms with Gasteiger partial charge in [-0.2, -0.15) is 0 Å². The van der Waals surface area contributed by atoms with Crippen molar-refractivity contribution in [1.29, 1.82) is 0 Å². The SMILES string of the molecule is Cc1ccc(N(CC(=O)O)C2CC(C)N(C)C2)cc1. The minimum absolute atomic E-state index is 0.0638. The van der Waals surface area contributed by atoms with Gasteiger partial charge in [-0.25, -0.2) is 0 Å². The van der Waals surface area contributed by atoms with E-state index in [1.54, 1.807) is 0 Å². The van der Waals surface area contributed by atoms with Gasteiger partial charge in [0.25, 0.3) is 0 Å². The van der Waals surface area contributed by atoms with Crippen LogP contribution in [0.5, 0.6) is 0 Å². The predicted molar refractivity (Wildman–Crippen MR) is 76.7 cm³/mol. The van der Waals surface area contributed by atoms with E-state index in [0.29, 0.717) is 6.04 Å². The molecule has 19 heavy (non-hydrogen) atoms. The van der Waals surface area contributed by atoms with Gasteiger partial charge < -0.3 is 14.9 Å². The maximum atomic E-state index is 11.1. The molecule has 1 aromatic carbocycles. The van der Waals surface area contributed by atoms with Crippen LogP contribution in [0.1, 0.15) is 18.9 Å². The number of nitrogens with zero attached hydrogens (tertiary/aromatic N) is 2. The van der Waals surface area contributed by atoms with E-state index in [2.05, 4.69) is 18.9 Å². The third-order valence-corrected chi connectivity index (χ3v) is 3.98. The minimum Gasteiger partial charge on any atom is -0.480 e. The zero-order valence-corrected chi connectivity index (χ0v) is 11.8. The first kappa shape index (κ1) is 13.9. The molecule has 2 unspecified atom stereocenters. The second-order valence-electron chi connectivity index (χ2n) is 5.54. The second kappa shape index (κ2) is 5.61. The first-order valence-corrected chi connectivity index (χ1v) is 6.72. The quantitative estimate of drug-likeness (QED) is 0.901. The van der Waals surface area contributed by atoms with E-state index in [0.717, 1.165) is 18.7 Å². The lowest BCUT2D eigenvalue weighted by Gasteiger charge is -2.29. The van der Waals surface area contributed by atoms with E-state index in [9.17, 15) is 4.79 Å². The lowest BCUT2D eigenvalue weighted by atomic mass is 10.1. The first-order valence-electron chi connectivity index (χ1n) is 6.72. The van der Waals surface area contributed by atoms with Gasteiger partial charge in [-0.3, -0.25) is 4.79 Å². The number of likely N-dealkylation sites (tertiary alicyclic amines) is 1. The smallest absolute Gasteiger partial charge is 0.323 e. The molecule has 1 aliphatic rings. The fraction of sp³-hybridized carbons (Fsp3) is 0.533. The number of carboxylic acid groups (broad SMARTS) is 1. The number of anilines is 1. The molecular weight excluding hydrogens is 240 g/mol. The molecule has 1 saturated heterocycles. The number of benzene rings is 1. The summed E-state index contributed by atoms with van der Waals surface area (Å²) in [7, 11) is 2.10. The minimum atomic E-state index is -0.775. The molecule has 1 heterocycles. The molecule has 2 atom stereocenters. The average Bonchev–Trinajstić information content (AvgIpc) is 2.67. The van der Waals surface area contributed by atoms with Crippen LogP contribution in [0.15, 0.2) is 24.3 Å². The molecule has 2 rings (SSSR count). The molecule has 104 valence electrons. The van der Waals surface area contributed by atoms with E-state index in [1.165, 1.54) is 5.56 Å². The molecule has 1 N–H and O–H groups in total. The van der Waals surface area contributed by atoms with Crippen molar-refractivity contribution >= 4 is 11.7 Å². The van der Waals surface area contributed by atoms with E-state index < -0.39 is 5.97 Å². The molecule has 0 aromatic heterocycles. The van der Waals surface area contributed by atoms with Gasteiger partial charge in [-0.05, 0) is 39.4 Å². The summed E-state index contributed by atoms with van der Waals surface area (Å²) >= 11 is 0. The van der Waals surface area contributed by atoms with Crippen molar-refractivity contribution < 1.29 is 9.90 Å². The number of aliphatic carboxylic acids is 1. The molecule has 1 aliphatic heterocycles. The van der Waals surface area contributed by atoms with Crippen molar-refractivity contribution in [2.45, 2.75) is 32.4 Å². The van der Waals surface area contributed by atoms with Crippen LogP contribution in [0.4, 0.5) is 5.69 Å². The zero-order chi connectivity index (χ0) is 14.0. The lowest BCUT2D eigenvalue weighted by molar-refractivity contribution is -0.135. The summed E-state index contributed by atoms with van der Waals surface area (Å²) in [6, 6.07) is 8.88. The normalized spacial score (nSPS) is 23.5. The zero-order valence-electron chi connectivity index (χ0n) is 11.8. The van der Waals surface area contributed by atoms with Crippen molar-refractivity contribution in [3.8, 4) is 0 Å². The molecule has 0 spiro atoms. The molecule has 0 aliphatic carbocycles. The summed E-state index contributed by atoms with van der Waals surface area (Å²) in [5.74, 6) is -0.775. The van der Waals surface area contributed by atoms with Crippen LogP contribution in [-0.2, 0) is 4.79 Å². The number of hydrogen-bond donors (Lipinski definition) is 1. The first-order chi connectivity index (χ1) is 8.97. The van der Waals surface area contributed by atoms with Gasteiger partial charge >= 0.3 is 5.97 Å². The largest absolute Gasteiger partial charge is 0.480 e. The lowest BCUT2D eigenvalue weighted by Crippen LogP contribution is -2.40. The van der Waals surface area contributed by atoms with Gasteiger partial charge in [0, 0.05) is 24.3 Å². The van der Waals surface area contributed by atoms with Gasteiger partial charge in [0.2, 0.25) is 0 Å². The van der Waals surface area contributed by atoms with Crippen LogP contribution in [0.3, 0.4) is 0 Å². The van der Waals surface area contributed by atoms with E-state index in [-0.39, 0.29) is 12.6 Å². The summed E-state index contributed by atoms with van der Waals surface area (Å²) in [4.78, 5) is 15.4. The number of hydrogen-bond acceptors (Lipinski definition) is 3. The van der Waals surface area contributed by atoms with E-state index >= 15 is 0 Å². The standard InChI is InChI=1S/C15H22N2O2/c1-11-4-6-13(7-5-11)17(10-15(18)19)14-8-12(2)16(3)9-14/h4-7,12,14H,8-10H2,1-3H3,(H,18,19). The molecule has 4 heteroatoms. The third kappa shape index (κ3) is 3.26. The molecule has 0 saturated carbocycles. The molecule has 0 bridgehead atoms. The van der Waals surface area contributed by atoms with Crippen molar-refractivity contribution in [3.05, 3.63) is 29.8 Å². The molecule has 0 radical (unpaired) electrons. The summed E-state index contributed by atoms with van der Waals surface area (Å²) < 4.78 is 0. The maximum absolute atomic E-state index is 11.1. The Hall–Kier alpha value is -1.55. The van der Waals surface area contributed by atoms with Gasteiger partial charge in [0.05, 0.1) is 0 Å². The number of rotatable bonds is 4. The Morgan fingerprint density at radius 2 is 2.05 bits per heavy atom. The van der Waals surface area contributed by atoms with E-state index in [4.69, 9.17) is 5.11 Å². The highest BCUT2D eigenvalue weighted by Gasteiger charge is 2.31. The predicted octanol–water partition coefficient (Wildman–Crippen LogP) is 1.98. The van der Waals surface area contributed by atoms with Crippen molar-refractivity contribution in [2.24, 2.45) is 0 Å². The van der Waals surface area contributed by atoms with Gasteiger partial charge in [-0.15, -0.1) is 0 Å². The van der Waals surface area contributed by atoms with Gasteiger partial charge in [0.1, 0.15) is 6.54 Å². The van der Waals surface area contributed by atoms with Crippen LogP contribution < -0.4 is 4.90 Å². The molecule has 1 aromatic rings. The highest BCUT2D eigenvalue weighted by molar-refractivity contribution is 5.74. The van der Waals surface area contributed by atoms with Gasteiger partial charge in [0.15, 0.2) is 0 Å². The molecular formula is C15H22N2O2. The molecule has 0 amide bonds. The molecule has 4 nitrogen and oxygen atoms in total. The highest BCUT2D eigenvalue weighted by Crippen LogP contribution is 2.25. The fourth-order valence-corrected chi connectivity index (χ4v) is 2.70. The van der Waals surface area contributed by atoms with Crippen LogP contribution in [-0.4, -0.2) is 48.2 Å². The van der Waals surface area contributed by atoms with Crippen LogP contribution >= 0.6 is 0 Å². The Morgan fingerprint density at radius 1 is 1.42 bits per heavy atom. The summed E-state index contributed by atoms with van der Waals surface area (Å²) in [5, 5.41) is 9.14. The number of likely N-dealkylation sites (N-methyl/N-ethyl adjacent to an activating group) is 1. The summed E-state index contributed by atoms with van der Waals surface area (Å²) in [5.41, 5.74) is 2.19. The summed E-state index contributed by atoms with van der Waals surface area (Å²) in [6.07, 6.45) is 1.01. The second-order valence-corrected chi connectivity index (χ2v) is 5.54. The Bertz CT molecular complexity index is 434. The Kier molecular flexibility index (Phi) is 4.10. The van der Waals surface area contributed by atoms with Crippen molar-refractivity contribution in [3.63, 3.8) is 0 Å². The average molecular weight is 262 g/mol. The van der Waals surface area contributed by atoms with E-state index in [1.807, 2.05) is 36.1 Å².